The summed E-state index contributed by atoms with van der Waals surface area (Å²) < 4.78 is 10.5. The molecular formula is C15H22N2O3. The topological polar surface area (TPSA) is 59.6 Å². The highest BCUT2D eigenvalue weighted by atomic mass is 16.5. The maximum atomic E-state index is 11.2. The lowest BCUT2D eigenvalue weighted by Crippen LogP contribution is -2.36. The van der Waals surface area contributed by atoms with Crippen molar-refractivity contribution in [3.8, 4) is 11.5 Å². The van der Waals surface area contributed by atoms with Crippen LogP contribution in [0.2, 0.25) is 0 Å². The quantitative estimate of drug-likeness (QED) is 0.830. The van der Waals surface area contributed by atoms with Crippen molar-refractivity contribution >= 4 is 5.91 Å². The third kappa shape index (κ3) is 3.42. The van der Waals surface area contributed by atoms with Crippen LogP contribution in [-0.4, -0.2) is 32.7 Å². The molecule has 2 rings (SSSR count). The summed E-state index contributed by atoms with van der Waals surface area (Å²) in [6, 6.07) is 6.33. The third-order valence-corrected chi connectivity index (χ3v) is 3.66. The second kappa shape index (κ2) is 6.61. The van der Waals surface area contributed by atoms with Gasteiger partial charge in [-0.1, -0.05) is 6.07 Å². The fourth-order valence-corrected chi connectivity index (χ4v) is 2.39. The Hall–Kier alpha value is -1.75. The van der Waals surface area contributed by atoms with Gasteiger partial charge in [0.1, 0.15) is 0 Å². The molecule has 2 N–H and O–H groups in total. The Labute approximate surface area is 119 Å². The minimum Gasteiger partial charge on any atom is -0.493 e. The molecule has 0 saturated carbocycles. The Morgan fingerprint density at radius 2 is 2.10 bits per heavy atom. The highest BCUT2D eigenvalue weighted by Crippen LogP contribution is 2.29. The largest absolute Gasteiger partial charge is 0.493 e. The molecule has 0 spiro atoms. The maximum Gasteiger partial charge on any atom is 0.220 e. The van der Waals surface area contributed by atoms with Gasteiger partial charge in [-0.15, -0.1) is 0 Å². The van der Waals surface area contributed by atoms with Crippen LogP contribution in [0.1, 0.15) is 31.4 Å². The van der Waals surface area contributed by atoms with Crippen molar-refractivity contribution < 1.29 is 14.3 Å². The fourth-order valence-electron chi connectivity index (χ4n) is 2.39. The van der Waals surface area contributed by atoms with Crippen molar-refractivity contribution in [1.82, 2.24) is 10.6 Å². The minimum absolute atomic E-state index is 0.149. The monoisotopic (exact) mass is 278 g/mol. The predicted molar refractivity (Wildman–Crippen MR) is 77.1 cm³/mol. The number of nitrogens with one attached hydrogen (secondary N) is 2. The first kappa shape index (κ1) is 14.7. The van der Waals surface area contributed by atoms with Crippen LogP contribution in [0.15, 0.2) is 18.2 Å². The molecule has 1 heterocycles. The van der Waals surface area contributed by atoms with E-state index in [-0.39, 0.29) is 18.0 Å². The Morgan fingerprint density at radius 3 is 2.70 bits per heavy atom. The SMILES string of the molecule is COc1ccc(C(C)NCC2CCC(=O)N2)cc1OC. The first-order valence-corrected chi connectivity index (χ1v) is 6.88. The molecule has 1 aliphatic rings. The van der Waals surface area contributed by atoms with Gasteiger partial charge in [0.05, 0.1) is 14.2 Å². The van der Waals surface area contributed by atoms with Gasteiger partial charge >= 0.3 is 0 Å². The molecule has 1 fully saturated rings. The van der Waals surface area contributed by atoms with Crippen LogP contribution in [-0.2, 0) is 4.79 Å². The highest BCUT2D eigenvalue weighted by Gasteiger charge is 2.21. The number of hydrogen-bond acceptors (Lipinski definition) is 4. The second-order valence-electron chi connectivity index (χ2n) is 5.05. The lowest BCUT2D eigenvalue weighted by atomic mass is 10.1. The number of benzene rings is 1. The van der Waals surface area contributed by atoms with Crippen LogP contribution in [0.3, 0.4) is 0 Å². The number of hydrogen-bond donors (Lipinski definition) is 2. The molecule has 1 amide bonds. The minimum atomic E-state index is 0.149. The van der Waals surface area contributed by atoms with E-state index >= 15 is 0 Å². The Balaban J connectivity index is 1.94. The summed E-state index contributed by atoms with van der Waals surface area (Å²) in [6.07, 6.45) is 1.54. The Bertz CT molecular complexity index is 476. The first-order valence-electron chi connectivity index (χ1n) is 6.88. The van der Waals surface area contributed by atoms with E-state index in [9.17, 15) is 4.79 Å². The van der Waals surface area contributed by atoms with E-state index in [0.29, 0.717) is 6.42 Å². The lowest BCUT2D eigenvalue weighted by Gasteiger charge is -2.19. The van der Waals surface area contributed by atoms with Gasteiger partial charge in [0.15, 0.2) is 11.5 Å². The molecule has 1 aromatic rings. The van der Waals surface area contributed by atoms with Gasteiger partial charge in [-0.05, 0) is 31.0 Å². The number of ether oxygens (including phenoxy) is 2. The average molecular weight is 278 g/mol. The van der Waals surface area contributed by atoms with Crippen LogP contribution in [0.5, 0.6) is 11.5 Å². The zero-order valence-electron chi connectivity index (χ0n) is 12.2. The number of amides is 1. The Morgan fingerprint density at radius 1 is 1.35 bits per heavy atom. The van der Waals surface area contributed by atoms with Crippen molar-refractivity contribution in [2.75, 3.05) is 20.8 Å². The summed E-state index contributed by atoms with van der Waals surface area (Å²) in [5.74, 6) is 1.61. The fraction of sp³-hybridized carbons (Fsp3) is 0.533. The van der Waals surface area contributed by atoms with Crippen LogP contribution < -0.4 is 20.1 Å². The summed E-state index contributed by atoms with van der Waals surface area (Å²) in [4.78, 5) is 11.2. The average Bonchev–Trinajstić information content (AvgIpc) is 2.89. The van der Waals surface area contributed by atoms with E-state index in [1.54, 1.807) is 14.2 Å². The van der Waals surface area contributed by atoms with Gasteiger partial charge in [-0.25, -0.2) is 0 Å². The zero-order chi connectivity index (χ0) is 14.5. The smallest absolute Gasteiger partial charge is 0.220 e. The van der Waals surface area contributed by atoms with E-state index < -0.39 is 0 Å². The summed E-state index contributed by atoms with van der Waals surface area (Å²) in [6.45, 7) is 2.87. The molecule has 0 aromatic heterocycles. The summed E-state index contributed by atoms with van der Waals surface area (Å²) in [5.41, 5.74) is 1.13. The van der Waals surface area contributed by atoms with E-state index in [2.05, 4.69) is 17.6 Å². The van der Waals surface area contributed by atoms with Crippen LogP contribution in [0, 0.1) is 0 Å². The number of carbonyl (C=O) groups excluding carboxylic acids is 1. The van der Waals surface area contributed by atoms with Gasteiger partial charge in [0, 0.05) is 25.0 Å². The molecule has 2 atom stereocenters. The van der Waals surface area contributed by atoms with Crippen LogP contribution >= 0.6 is 0 Å². The molecule has 0 aliphatic carbocycles. The van der Waals surface area contributed by atoms with Crippen molar-refractivity contribution in [2.24, 2.45) is 0 Å². The molecular weight excluding hydrogens is 256 g/mol. The number of rotatable bonds is 6. The summed E-state index contributed by atoms with van der Waals surface area (Å²) >= 11 is 0. The molecule has 1 aliphatic heterocycles. The van der Waals surface area contributed by atoms with E-state index in [1.165, 1.54) is 0 Å². The Kier molecular flexibility index (Phi) is 4.84. The van der Waals surface area contributed by atoms with E-state index in [1.807, 2.05) is 18.2 Å². The van der Waals surface area contributed by atoms with Gasteiger partial charge in [-0.2, -0.15) is 0 Å². The molecule has 0 bridgehead atoms. The van der Waals surface area contributed by atoms with Crippen molar-refractivity contribution in [3.05, 3.63) is 23.8 Å². The zero-order valence-corrected chi connectivity index (χ0v) is 12.2. The maximum absolute atomic E-state index is 11.2. The molecule has 5 heteroatoms. The van der Waals surface area contributed by atoms with Gasteiger partial charge in [0.25, 0.3) is 0 Å². The molecule has 110 valence electrons. The molecule has 2 unspecified atom stereocenters. The van der Waals surface area contributed by atoms with Crippen molar-refractivity contribution in [3.63, 3.8) is 0 Å². The lowest BCUT2D eigenvalue weighted by molar-refractivity contribution is -0.119. The predicted octanol–water partition coefficient (Wildman–Crippen LogP) is 1.63. The normalized spacial score (nSPS) is 19.6. The first-order chi connectivity index (χ1) is 9.63. The molecule has 1 saturated heterocycles. The van der Waals surface area contributed by atoms with E-state index in [0.717, 1.165) is 30.0 Å². The van der Waals surface area contributed by atoms with Crippen molar-refractivity contribution in [1.29, 1.82) is 0 Å². The third-order valence-electron chi connectivity index (χ3n) is 3.66. The number of carbonyl (C=O) groups is 1. The summed E-state index contributed by atoms with van der Waals surface area (Å²) in [7, 11) is 3.26. The second-order valence-corrected chi connectivity index (χ2v) is 5.05. The van der Waals surface area contributed by atoms with Crippen molar-refractivity contribution in [2.45, 2.75) is 31.8 Å². The molecule has 0 radical (unpaired) electrons. The summed E-state index contributed by atoms with van der Waals surface area (Å²) in [5, 5.41) is 6.39. The molecule has 20 heavy (non-hydrogen) atoms. The van der Waals surface area contributed by atoms with Crippen LogP contribution in [0.25, 0.3) is 0 Å². The number of methoxy groups -OCH3 is 2. The van der Waals surface area contributed by atoms with E-state index in [4.69, 9.17) is 9.47 Å². The van der Waals surface area contributed by atoms with Gasteiger partial charge in [-0.3, -0.25) is 4.79 Å². The molecule has 5 nitrogen and oxygen atoms in total. The van der Waals surface area contributed by atoms with Gasteiger partial charge < -0.3 is 20.1 Å². The van der Waals surface area contributed by atoms with Crippen LogP contribution in [0.4, 0.5) is 0 Å². The highest BCUT2D eigenvalue weighted by molar-refractivity contribution is 5.78. The standard InChI is InChI=1S/C15H22N2O3/c1-10(16-9-12-5-7-15(18)17-12)11-4-6-13(19-2)14(8-11)20-3/h4,6,8,10,12,16H,5,7,9H2,1-3H3,(H,17,18). The van der Waals surface area contributed by atoms with Gasteiger partial charge in [0.2, 0.25) is 5.91 Å². The molecule has 1 aromatic carbocycles.